The zero-order valence-corrected chi connectivity index (χ0v) is 17.3. The number of nitrogens with zero attached hydrogens (tertiary/aromatic N) is 2. The highest BCUT2D eigenvalue weighted by Gasteiger charge is 2.23. The second kappa shape index (κ2) is 8.62. The molecule has 1 aromatic heterocycles. The number of carbonyl (C=O) groups excluding carboxylic acids is 1. The van der Waals surface area contributed by atoms with Crippen molar-refractivity contribution in [1.29, 1.82) is 0 Å². The number of amides is 1. The van der Waals surface area contributed by atoms with E-state index in [9.17, 15) is 13.2 Å². The predicted octanol–water partition coefficient (Wildman–Crippen LogP) is 2.13. The lowest BCUT2D eigenvalue weighted by Crippen LogP contribution is -2.50. The SMILES string of the molecule is O=C(CNS(=O)(=O)c1ccc(Br)s1)N1CCN(Cc2ccccc2)CC1. The van der Waals surface area contributed by atoms with Crippen LogP contribution >= 0.6 is 27.3 Å². The molecule has 3 rings (SSSR count). The van der Waals surface area contributed by atoms with E-state index < -0.39 is 10.0 Å². The van der Waals surface area contributed by atoms with Crippen LogP contribution < -0.4 is 4.72 Å². The summed E-state index contributed by atoms with van der Waals surface area (Å²) >= 11 is 4.36. The van der Waals surface area contributed by atoms with Crippen molar-refractivity contribution < 1.29 is 13.2 Å². The maximum Gasteiger partial charge on any atom is 0.250 e. The van der Waals surface area contributed by atoms with Gasteiger partial charge in [0.15, 0.2) is 0 Å². The maximum absolute atomic E-state index is 12.3. The Morgan fingerprint density at radius 1 is 1.08 bits per heavy atom. The standard InChI is InChI=1S/C17H20BrN3O3S2/c18-15-6-7-17(25-15)26(23,24)19-12-16(22)21-10-8-20(9-11-21)13-14-4-2-1-3-5-14/h1-7,19H,8-13H2. The smallest absolute Gasteiger partial charge is 0.250 e. The third kappa shape index (κ3) is 5.14. The minimum Gasteiger partial charge on any atom is -0.339 e. The van der Waals surface area contributed by atoms with Crippen LogP contribution in [0.1, 0.15) is 5.56 Å². The van der Waals surface area contributed by atoms with Crippen LogP contribution in [0.25, 0.3) is 0 Å². The second-order valence-corrected chi connectivity index (χ2v) is 10.5. The van der Waals surface area contributed by atoms with Crippen molar-refractivity contribution in [2.45, 2.75) is 10.8 Å². The van der Waals surface area contributed by atoms with Crippen molar-refractivity contribution in [2.75, 3.05) is 32.7 Å². The highest BCUT2D eigenvalue weighted by molar-refractivity contribution is 9.11. The summed E-state index contributed by atoms with van der Waals surface area (Å²) in [6.45, 7) is 3.44. The van der Waals surface area contributed by atoms with E-state index in [4.69, 9.17) is 0 Å². The van der Waals surface area contributed by atoms with E-state index in [-0.39, 0.29) is 16.7 Å². The van der Waals surface area contributed by atoms with Crippen molar-refractivity contribution in [3.8, 4) is 0 Å². The Bertz CT molecular complexity index is 847. The summed E-state index contributed by atoms with van der Waals surface area (Å²) in [5.41, 5.74) is 1.25. The summed E-state index contributed by atoms with van der Waals surface area (Å²) in [5, 5.41) is 0. The quantitative estimate of drug-likeness (QED) is 0.720. The Morgan fingerprint density at radius 3 is 2.38 bits per heavy atom. The number of hydrogen-bond donors (Lipinski definition) is 1. The molecule has 6 nitrogen and oxygen atoms in total. The number of rotatable bonds is 6. The molecule has 0 atom stereocenters. The van der Waals surface area contributed by atoms with Gasteiger partial charge in [0.05, 0.1) is 10.3 Å². The highest BCUT2D eigenvalue weighted by Crippen LogP contribution is 2.25. The monoisotopic (exact) mass is 457 g/mol. The zero-order valence-electron chi connectivity index (χ0n) is 14.1. The van der Waals surface area contributed by atoms with E-state index in [0.717, 1.165) is 34.8 Å². The molecule has 1 amide bonds. The van der Waals surface area contributed by atoms with Crippen molar-refractivity contribution >= 4 is 43.2 Å². The van der Waals surface area contributed by atoms with E-state index in [1.165, 1.54) is 11.6 Å². The van der Waals surface area contributed by atoms with Gasteiger partial charge >= 0.3 is 0 Å². The molecule has 1 saturated heterocycles. The van der Waals surface area contributed by atoms with E-state index >= 15 is 0 Å². The molecule has 0 spiro atoms. The topological polar surface area (TPSA) is 69.7 Å². The molecule has 0 radical (unpaired) electrons. The zero-order chi connectivity index (χ0) is 18.6. The lowest BCUT2D eigenvalue weighted by atomic mass is 10.2. The van der Waals surface area contributed by atoms with Gasteiger partial charge in [0, 0.05) is 32.7 Å². The fourth-order valence-corrected chi connectivity index (χ4v) is 5.81. The molecule has 140 valence electrons. The maximum atomic E-state index is 12.3. The van der Waals surface area contributed by atoms with Crippen LogP contribution in [0.5, 0.6) is 0 Å². The van der Waals surface area contributed by atoms with Crippen LogP contribution in [0.4, 0.5) is 0 Å². The largest absolute Gasteiger partial charge is 0.339 e. The molecule has 2 aromatic rings. The average Bonchev–Trinajstić information content (AvgIpc) is 3.09. The summed E-state index contributed by atoms with van der Waals surface area (Å²) in [7, 11) is -3.64. The van der Waals surface area contributed by atoms with E-state index in [1.54, 1.807) is 11.0 Å². The number of piperazine rings is 1. The van der Waals surface area contributed by atoms with Gasteiger partial charge in [0.1, 0.15) is 4.21 Å². The van der Waals surface area contributed by atoms with Crippen LogP contribution in [-0.4, -0.2) is 56.8 Å². The Hall–Kier alpha value is -1.26. The third-order valence-corrected chi connectivity index (χ3v) is 7.72. The van der Waals surface area contributed by atoms with Crippen LogP contribution in [0.3, 0.4) is 0 Å². The molecular formula is C17H20BrN3O3S2. The summed E-state index contributed by atoms with van der Waals surface area (Å²) in [5.74, 6) is -0.191. The van der Waals surface area contributed by atoms with Gasteiger partial charge in [0.2, 0.25) is 5.91 Å². The fraction of sp³-hybridized carbons (Fsp3) is 0.353. The van der Waals surface area contributed by atoms with Gasteiger partial charge in [-0.15, -0.1) is 11.3 Å². The van der Waals surface area contributed by atoms with Gasteiger partial charge in [-0.1, -0.05) is 30.3 Å². The molecule has 1 fully saturated rings. The third-order valence-electron chi connectivity index (χ3n) is 4.20. The van der Waals surface area contributed by atoms with Crippen molar-refractivity contribution in [1.82, 2.24) is 14.5 Å². The first kappa shape index (κ1) is 19.5. The van der Waals surface area contributed by atoms with E-state index in [1.807, 2.05) is 18.2 Å². The van der Waals surface area contributed by atoms with Crippen LogP contribution in [0.2, 0.25) is 0 Å². The molecule has 9 heteroatoms. The number of hydrogen-bond acceptors (Lipinski definition) is 5. The van der Waals surface area contributed by atoms with Gasteiger partial charge in [0.25, 0.3) is 10.0 Å². The summed E-state index contributed by atoms with van der Waals surface area (Å²) < 4.78 is 27.7. The normalized spacial score (nSPS) is 16.0. The Labute approximate surface area is 166 Å². The van der Waals surface area contributed by atoms with Gasteiger partial charge in [-0.25, -0.2) is 13.1 Å². The lowest BCUT2D eigenvalue weighted by molar-refractivity contribution is -0.131. The van der Waals surface area contributed by atoms with E-state index in [2.05, 4.69) is 37.7 Å². The van der Waals surface area contributed by atoms with Crippen LogP contribution in [0, 0.1) is 0 Å². The van der Waals surface area contributed by atoms with E-state index in [0.29, 0.717) is 13.1 Å². The molecule has 26 heavy (non-hydrogen) atoms. The van der Waals surface area contributed by atoms with Gasteiger partial charge in [-0.3, -0.25) is 9.69 Å². The summed E-state index contributed by atoms with van der Waals surface area (Å²) in [4.78, 5) is 16.3. The van der Waals surface area contributed by atoms with Crippen LogP contribution in [0.15, 0.2) is 50.5 Å². The first-order chi connectivity index (χ1) is 12.4. The number of thiophene rings is 1. The molecule has 1 aliphatic rings. The van der Waals surface area contributed by atoms with Crippen molar-refractivity contribution in [3.05, 3.63) is 51.8 Å². The molecule has 0 bridgehead atoms. The number of carbonyl (C=O) groups is 1. The van der Waals surface area contributed by atoms with Gasteiger partial charge < -0.3 is 4.90 Å². The van der Waals surface area contributed by atoms with Gasteiger partial charge in [-0.2, -0.15) is 0 Å². The molecule has 1 aromatic carbocycles. The Kier molecular flexibility index (Phi) is 6.46. The summed E-state index contributed by atoms with van der Waals surface area (Å²) in [6, 6.07) is 13.4. The number of halogens is 1. The lowest BCUT2D eigenvalue weighted by Gasteiger charge is -2.34. The Morgan fingerprint density at radius 2 is 1.77 bits per heavy atom. The minimum absolute atomic E-state index is 0.191. The molecule has 1 aliphatic heterocycles. The Balaban J connectivity index is 1.46. The average molecular weight is 458 g/mol. The minimum atomic E-state index is -3.64. The van der Waals surface area contributed by atoms with Crippen molar-refractivity contribution in [3.63, 3.8) is 0 Å². The summed E-state index contributed by atoms with van der Waals surface area (Å²) in [6.07, 6.45) is 0. The van der Waals surface area contributed by atoms with Crippen molar-refractivity contribution in [2.24, 2.45) is 0 Å². The second-order valence-electron chi connectivity index (χ2n) is 6.03. The van der Waals surface area contributed by atoms with Gasteiger partial charge in [-0.05, 0) is 33.6 Å². The predicted molar refractivity (Wildman–Crippen MR) is 106 cm³/mol. The number of sulfonamides is 1. The first-order valence-electron chi connectivity index (χ1n) is 8.23. The van der Waals surface area contributed by atoms with Crippen LogP contribution in [-0.2, 0) is 21.4 Å². The molecule has 1 N–H and O–H groups in total. The molecular weight excluding hydrogens is 438 g/mol. The molecule has 0 aliphatic carbocycles. The number of benzene rings is 1. The fourth-order valence-electron chi connectivity index (χ4n) is 2.78. The molecule has 0 unspecified atom stereocenters. The first-order valence-corrected chi connectivity index (χ1v) is 11.3. The highest BCUT2D eigenvalue weighted by atomic mass is 79.9. The number of nitrogens with one attached hydrogen (secondary N) is 1. The molecule has 0 saturated carbocycles. The molecule has 2 heterocycles.